The fourth-order valence-electron chi connectivity index (χ4n) is 10.2. The van der Waals surface area contributed by atoms with Crippen LogP contribution in [0.25, 0.3) is 111 Å². The van der Waals surface area contributed by atoms with Gasteiger partial charge in [0.15, 0.2) is 11.9 Å². The molecule has 482 valence electrons. The molecule has 0 aliphatic carbocycles. The standard InChI is InChI=1S/C21H17N3.C21H15NS.C20H13N2O.C20H13N2S.4Rh/c1-23-21(16-24(22-23)20-10-6-3-7-11-20)19-14-12-18(13-15-19)17-8-4-2-5-9-17;1-3-7-17(8-4-1)18-11-13-19(14-12-18)21-15-22(16-23-21)20-9-5-2-6-10-20;2*1-3-7-15(8-4-1)16-11-13-18(14-12-16)20-21-19(22-23-20)17-9-5-2-6-10-17;;;;/h2-10,12-16H,1H3;1-9,11-16H;2*1-9,11-14H;;;;/q;-2;2*-1;;;;+2. The van der Waals surface area contributed by atoms with E-state index in [4.69, 9.17) is 4.52 Å². The quantitative estimate of drug-likeness (QED) is 0.0679. The number of para-hydroxylation sites is 2. The molecule has 0 bridgehead atoms. The van der Waals surface area contributed by atoms with Crippen LogP contribution in [0.2, 0.25) is 0 Å². The van der Waals surface area contributed by atoms with Crippen LogP contribution in [0.5, 0.6) is 0 Å². The Bertz CT molecular complexity index is 4650. The Morgan fingerprint density at radius 3 is 1.28 bits per heavy atom. The molecule has 1 aliphatic heterocycles. The second-order valence-electron chi connectivity index (χ2n) is 21.3. The monoisotopic (exact) mass is 1650 g/mol. The van der Waals surface area contributed by atoms with Crippen LogP contribution >= 0.6 is 23.3 Å². The summed E-state index contributed by atoms with van der Waals surface area (Å²) < 4.78 is 13.5. The summed E-state index contributed by atoms with van der Waals surface area (Å²) in [6.45, 7) is 0. The zero-order valence-electron chi connectivity index (χ0n) is 51.9. The van der Waals surface area contributed by atoms with Crippen molar-refractivity contribution in [2.24, 2.45) is 7.05 Å². The Morgan fingerprint density at radius 2 is 0.814 bits per heavy atom. The van der Waals surface area contributed by atoms with E-state index in [1.165, 1.54) is 60.9 Å². The van der Waals surface area contributed by atoms with Crippen molar-refractivity contribution in [3.63, 3.8) is 0 Å². The van der Waals surface area contributed by atoms with E-state index in [1.54, 1.807) is 11.8 Å². The van der Waals surface area contributed by atoms with Gasteiger partial charge in [0.2, 0.25) is 5.89 Å². The van der Waals surface area contributed by atoms with Crippen LogP contribution in [0.15, 0.2) is 332 Å². The molecule has 0 saturated carbocycles. The van der Waals surface area contributed by atoms with Crippen molar-refractivity contribution in [2.45, 2.75) is 0 Å². The van der Waals surface area contributed by atoms with Gasteiger partial charge in [0.05, 0.1) is 11.0 Å². The number of aryl methyl sites for hydroxylation is 1. The first-order valence-electron chi connectivity index (χ1n) is 30.2. The first-order chi connectivity index (χ1) is 46.0. The Balaban J connectivity index is 0.000000150. The Morgan fingerprint density at radius 1 is 0.402 bits per heavy atom. The van der Waals surface area contributed by atoms with Gasteiger partial charge in [0.1, 0.15) is 17.9 Å². The van der Waals surface area contributed by atoms with Gasteiger partial charge in [-0.2, -0.15) is 54.4 Å². The maximum atomic E-state index is 5.37. The van der Waals surface area contributed by atoms with Crippen molar-refractivity contribution in [2.75, 3.05) is 4.90 Å². The Labute approximate surface area is 626 Å². The largest absolute Gasteiger partial charge is 2.00 e. The number of aromatic nitrogens is 7. The second kappa shape index (κ2) is 36.3. The molecule has 15 heteroatoms. The summed E-state index contributed by atoms with van der Waals surface area (Å²) in [4.78, 5) is 12.4. The van der Waals surface area contributed by atoms with Crippen molar-refractivity contribution < 1.29 is 87.1 Å². The van der Waals surface area contributed by atoms with E-state index in [1.807, 2.05) is 162 Å². The molecule has 0 atom stereocenters. The Hall–Kier alpha value is -9.14. The van der Waals surface area contributed by atoms with E-state index in [-0.39, 0.29) is 77.9 Å². The van der Waals surface area contributed by atoms with Gasteiger partial charge in [-0.3, -0.25) is 16.7 Å². The molecule has 0 fully saturated rings. The van der Waals surface area contributed by atoms with Gasteiger partial charge in [-0.25, -0.2) is 9.36 Å². The summed E-state index contributed by atoms with van der Waals surface area (Å²) in [6, 6.07) is 119. The number of hydrogen-bond acceptors (Lipinski definition) is 9. The van der Waals surface area contributed by atoms with Gasteiger partial charge in [0, 0.05) is 80.8 Å². The van der Waals surface area contributed by atoms with Gasteiger partial charge < -0.3 is 9.42 Å². The molecule has 9 nitrogen and oxygen atoms in total. The van der Waals surface area contributed by atoms with Crippen LogP contribution < -0.4 is 9.58 Å². The fourth-order valence-corrected chi connectivity index (χ4v) is 11.7. The maximum Gasteiger partial charge on any atom is 2.00 e. The predicted octanol–water partition coefficient (Wildman–Crippen LogP) is 19.9. The van der Waals surface area contributed by atoms with Crippen molar-refractivity contribution in [3.8, 4) is 106 Å². The number of nitrogens with zero attached hydrogens (tertiary/aromatic N) is 8. The van der Waals surface area contributed by atoms with E-state index >= 15 is 0 Å². The fraction of sp³-hybridized carbons (Fsp3) is 0.0122. The van der Waals surface area contributed by atoms with Gasteiger partial charge in [-0.1, -0.05) is 194 Å². The molecule has 0 amide bonds. The minimum absolute atomic E-state index is 0. The molecule has 3 aromatic heterocycles. The zero-order valence-corrected chi connectivity index (χ0v) is 60.1. The third-order valence-corrected chi connectivity index (χ3v) is 16.8. The summed E-state index contributed by atoms with van der Waals surface area (Å²) in [5, 5.41) is 9.49. The number of benzene rings is 12. The normalized spacial score (nSPS) is 11.0. The van der Waals surface area contributed by atoms with Crippen molar-refractivity contribution in [3.05, 3.63) is 364 Å². The van der Waals surface area contributed by atoms with Crippen LogP contribution in [0, 0.1) is 30.1 Å². The molecule has 1 aliphatic rings. The van der Waals surface area contributed by atoms with E-state index in [2.05, 4.69) is 242 Å². The molecule has 12 aromatic carbocycles. The minimum atomic E-state index is 0. The molecule has 0 unspecified atom stereocenters. The molecular formula is C82H58N8ORh4S2-2. The maximum absolute atomic E-state index is 5.37. The second-order valence-corrected chi connectivity index (χ2v) is 22.9. The summed E-state index contributed by atoms with van der Waals surface area (Å²) >= 11 is 3.16. The first-order valence-corrected chi connectivity index (χ1v) is 31.8. The summed E-state index contributed by atoms with van der Waals surface area (Å²) in [5.74, 6) is 3.91. The SMILES string of the molecule is Cn1n[n+](-c2[c-]cccc2)cc1-c1ccc(-c2ccccc2)cc1.[Rh+2].[Rh].[Rh].[Rh].[c-]1ccccc1-c1noc(-c2ccc(-c3ccccc3)cc2)n1.[c-]1ccccc1-c1nsc(-c2ccc(-c3ccccc3)cc2)n1.[c-]1ccccc1N1C=C(c2ccc(-c3ccccc3)cc2)S[CH-]1. The third kappa shape index (κ3) is 18.9. The van der Waals surface area contributed by atoms with Crippen LogP contribution in [0.1, 0.15) is 5.56 Å². The van der Waals surface area contributed by atoms with E-state index < -0.39 is 0 Å². The van der Waals surface area contributed by atoms with Crippen LogP contribution in [-0.4, -0.2) is 29.4 Å². The van der Waals surface area contributed by atoms with Crippen molar-refractivity contribution in [1.82, 2.24) is 29.4 Å². The number of rotatable bonds is 12. The van der Waals surface area contributed by atoms with Gasteiger partial charge >= 0.3 is 19.5 Å². The molecule has 0 N–H and O–H groups in total. The molecule has 0 spiro atoms. The molecular weight excluding hydrogens is 1590 g/mol. The molecule has 4 heterocycles. The topological polar surface area (TPSA) is 89.6 Å². The van der Waals surface area contributed by atoms with Crippen LogP contribution in [-0.2, 0) is 85.0 Å². The van der Waals surface area contributed by atoms with Crippen molar-refractivity contribution in [1.29, 1.82) is 0 Å². The molecule has 15 aromatic rings. The first kappa shape index (κ1) is 72.1. The summed E-state index contributed by atoms with van der Waals surface area (Å²) in [5.41, 5.74) is 18.9. The molecule has 97 heavy (non-hydrogen) atoms. The zero-order chi connectivity index (χ0) is 62.8. The number of thioether (sulfide) groups is 1. The van der Waals surface area contributed by atoms with Gasteiger partial charge in [-0.05, 0) is 97.0 Å². The molecule has 0 saturated heterocycles. The van der Waals surface area contributed by atoms with Gasteiger partial charge in [0.25, 0.3) is 0 Å². The summed E-state index contributed by atoms with van der Waals surface area (Å²) in [6.07, 6.45) is 4.19. The van der Waals surface area contributed by atoms with E-state index in [9.17, 15) is 0 Å². The predicted molar refractivity (Wildman–Crippen MR) is 378 cm³/mol. The molecule has 4 radical (unpaired) electrons. The minimum Gasteiger partial charge on any atom is -0.509 e. The van der Waals surface area contributed by atoms with Crippen molar-refractivity contribution >= 4 is 33.9 Å². The average Bonchev–Trinajstić information content (AvgIpc) is 1.85. The van der Waals surface area contributed by atoms with E-state index in [0.29, 0.717) is 11.7 Å². The Kier molecular flexibility index (Phi) is 27.0. The van der Waals surface area contributed by atoms with Crippen LogP contribution in [0.4, 0.5) is 5.69 Å². The molecule has 16 rings (SSSR count). The van der Waals surface area contributed by atoms with E-state index in [0.717, 1.165) is 61.3 Å². The average molecular weight is 1650 g/mol. The summed E-state index contributed by atoms with van der Waals surface area (Å²) in [7, 11) is 1.96. The smallest absolute Gasteiger partial charge is 0.509 e. The third-order valence-electron chi connectivity index (χ3n) is 15.1. The van der Waals surface area contributed by atoms with Gasteiger partial charge in [-0.15, -0.1) is 104 Å². The number of anilines is 1. The van der Waals surface area contributed by atoms with Crippen LogP contribution in [0.3, 0.4) is 0 Å². The number of hydrogen-bond donors (Lipinski definition) is 0.